The summed E-state index contributed by atoms with van der Waals surface area (Å²) in [6, 6.07) is 12.1. The Labute approximate surface area is 205 Å². The Hall–Kier alpha value is -3.45. The molecule has 2 saturated heterocycles. The van der Waals surface area contributed by atoms with Crippen LogP contribution in [-0.2, 0) is 12.8 Å². The monoisotopic (exact) mass is 465 g/mol. The molecule has 0 radical (unpaired) electrons. The molecule has 4 aromatic rings. The van der Waals surface area contributed by atoms with E-state index in [-0.39, 0.29) is 0 Å². The van der Waals surface area contributed by atoms with Crippen LogP contribution in [0.25, 0.3) is 22.3 Å². The van der Waals surface area contributed by atoms with Gasteiger partial charge in [0.1, 0.15) is 5.65 Å². The largest absolute Gasteiger partial charge is 0.365 e. The summed E-state index contributed by atoms with van der Waals surface area (Å²) in [4.78, 5) is 22.6. The molecule has 0 amide bonds. The van der Waals surface area contributed by atoms with Crippen LogP contribution < -0.4 is 10.2 Å². The minimum atomic E-state index is 0.604. The number of hydrogen-bond donors (Lipinski definition) is 2. The number of pyridine rings is 1. The molecule has 3 aliphatic rings. The van der Waals surface area contributed by atoms with Gasteiger partial charge in [0, 0.05) is 65.6 Å². The van der Waals surface area contributed by atoms with Gasteiger partial charge in [0.15, 0.2) is 0 Å². The number of fused-ring (bicyclic) bond motifs is 5. The fraction of sp³-hybridized carbons (Fsp3) is 0.393. The van der Waals surface area contributed by atoms with Crippen molar-refractivity contribution in [2.24, 2.45) is 0 Å². The van der Waals surface area contributed by atoms with Crippen molar-refractivity contribution in [1.82, 2.24) is 24.8 Å². The summed E-state index contributed by atoms with van der Waals surface area (Å²) < 4.78 is 0. The molecule has 1 aliphatic carbocycles. The van der Waals surface area contributed by atoms with Gasteiger partial charge in [0.05, 0.1) is 5.69 Å². The third-order valence-electron chi connectivity index (χ3n) is 8.18. The van der Waals surface area contributed by atoms with E-state index in [1.807, 2.05) is 18.5 Å². The number of likely N-dealkylation sites (tertiary alicyclic amines) is 1. The van der Waals surface area contributed by atoms with Crippen molar-refractivity contribution in [2.45, 2.75) is 51.1 Å². The number of aromatic amines is 1. The molecule has 2 fully saturated rings. The van der Waals surface area contributed by atoms with E-state index < -0.39 is 0 Å². The fourth-order valence-electron chi connectivity index (χ4n) is 6.34. The van der Waals surface area contributed by atoms with Crippen LogP contribution in [0.1, 0.15) is 36.1 Å². The first-order valence-electron chi connectivity index (χ1n) is 12.8. The molecule has 2 bridgehead atoms. The van der Waals surface area contributed by atoms with Crippen LogP contribution in [-0.4, -0.2) is 57.1 Å². The minimum absolute atomic E-state index is 0.604. The first-order valence-corrected chi connectivity index (χ1v) is 12.8. The van der Waals surface area contributed by atoms with Crippen molar-refractivity contribution in [3.8, 4) is 11.3 Å². The molecular weight excluding hydrogens is 434 g/mol. The lowest BCUT2D eigenvalue weighted by Gasteiger charge is -2.34. The highest BCUT2D eigenvalue weighted by Gasteiger charge is 2.41. The van der Waals surface area contributed by atoms with E-state index in [0.717, 1.165) is 48.5 Å². The zero-order valence-electron chi connectivity index (χ0n) is 20.4. The van der Waals surface area contributed by atoms with Gasteiger partial charge in [0.25, 0.3) is 0 Å². The fourth-order valence-corrected chi connectivity index (χ4v) is 6.34. The number of rotatable bonds is 4. The smallest absolute Gasteiger partial charge is 0.227 e. The molecule has 1 aromatic carbocycles. The summed E-state index contributed by atoms with van der Waals surface area (Å²) in [5.74, 6) is 0.604. The van der Waals surface area contributed by atoms with Gasteiger partial charge in [-0.05, 0) is 87.5 Å². The quantitative estimate of drug-likeness (QED) is 0.449. The van der Waals surface area contributed by atoms with Crippen molar-refractivity contribution in [3.05, 3.63) is 59.5 Å². The third-order valence-corrected chi connectivity index (χ3v) is 8.18. The zero-order chi connectivity index (χ0) is 23.5. The molecule has 2 atom stereocenters. The van der Waals surface area contributed by atoms with Gasteiger partial charge in [-0.25, -0.2) is 15.0 Å². The first-order chi connectivity index (χ1) is 17.1. The molecule has 178 valence electrons. The molecule has 2 aliphatic heterocycles. The van der Waals surface area contributed by atoms with Crippen molar-refractivity contribution in [2.75, 3.05) is 30.4 Å². The second kappa shape index (κ2) is 8.05. The summed E-state index contributed by atoms with van der Waals surface area (Å²) in [6.45, 7) is 4.49. The van der Waals surface area contributed by atoms with Gasteiger partial charge < -0.3 is 15.2 Å². The number of nitrogens with zero attached hydrogens (tertiary/aromatic N) is 5. The van der Waals surface area contributed by atoms with E-state index in [1.165, 1.54) is 47.2 Å². The van der Waals surface area contributed by atoms with Crippen LogP contribution >= 0.6 is 0 Å². The van der Waals surface area contributed by atoms with Crippen molar-refractivity contribution in [3.63, 3.8) is 0 Å². The Balaban J connectivity index is 1.13. The molecule has 2 N–H and O–H groups in total. The number of aromatic nitrogens is 4. The maximum atomic E-state index is 4.82. The molecule has 7 rings (SSSR count). The van der Waals surface area contributed by atoms with Gasteiger partial charge in [0.2, 0.25) is 5.95 Å². The lowest BCUT2D eigenvalue weighted by molar-refractivity contribution is 0.292. The van der Waals surface area contributed by atoms with Gasteiger partial charge in [-0.15, -0.1) is 0 Å². The Morgan fingerprint density at radius 2 is 1.94 bits per heavy atom. The average molecular weight is 466 g/mol. The van der Waals surface area contributed by atoms with Crippen molar-refractivity contribution in [1.29, 1.82) is 0 Å². The number of hydrogen-bond acceptors (Lipinski definition) is 6. The summed E-state index contributed by atoms with van der Waals surface area (Å²) in [5, 5.41) is 4.65. The standard InChI is InChI=1S/C28H31N7/c1-17-11-19(7-8-26(17)35-16-20-13-21(35)15-34(20)2)31-28-29-10-9-24(33-28)18-12-23-22-5-3-4-6-25(22)32-27(23)30-14-18/h7-12,14,20-21H,3-6,13,15-16H2,1-2H3,(H,30,32)(H,29,31,33)/t20-,21-/m0/s1. The van der Waals surface area contributed by atoms with Crippen LogP contribution in [0.2, 0.25) is 0 Å². The molecule has 3 aromatic heterocycles. The molecule has 0 spiro atoms. The number of nitrogens with one attached hydrogen (secondary N) is 2. The maximum Gasteiger partial charge on any atom is 0.227 e. The second-order valence-corrected chi connectivity index (χ2v) is 10.4. The molecule has 0 saturated carbocycles. The molecule has 35 heavy (non-hydrogen) atoms. The second-order valence-electron chi connectivity index (χ2n) is 10.4. The zero-order valence-corrected chi connectivity index (χ0v) is 20.4. The normalized spacial score (nSPS) is 21.6. The summed E-state index contributed by atoms with van der Waals surface area (Å²) >= 11 is 0. The van der Waals surface area contributed by atoms with E-state index in [0.29, 0.717) is 18.0 Å². The SMILES string of the molecule is Cc1cc(Nc2nccc(-c3cnc4[nH]c5c(c4c3)CCCC5)n2)ccc1N1C[C@@H]2C[C@H]1CN2C. The predicted octanol–water partition coefficient (Wildman–Crippen LogP) is 4.84. The summed E-state index contributed by atoms with van der Waals surface area (Å²) in [6.07, 6.45) is 9.77. The van der Waals surface area contributed by atoms with Crippen LogP contribution in [0.4, 0.5) is 17.3 Å². The van der Waals surface area contributed by atoms with E-state index in [1.54, 1.807) is 0 Å². The highest BCUT2D eigenvalue weighted by Crippen LogP contribution is 2.36. The van der Waals surface area contributed by atoms with E-state index in [2.05, 4.69) is 63.3 Å². The van der Waals surface area contributed by atoms with Crippen molar-refractivity contribution >= 4 is 28.4 Å². The number of anilines is 3. The first kappa shape index (κ1) is 20.9. The van der Waals surface area contributed by atoms with E-state index in [4.69, 9.17) is 9.97 Å². The highest BCUT2D eigenvalue weighted by atomic mass is 15.3. The Kier molecular flexibility index (Phi) is 4.81. The topological polar surface area (TPSA) is 73.0 Å². The van der Waals surface area contributed by atoms with Crippen LogP contribution in [0.3, 0.4) is 0 Å². The number of H-pyrrole nitrogens is 1. The van der Waals surface area contributed by atoms with Gasteiger partial charge in [-0.3, -0.25) is 4.90 Å². The highest BCUT2D eigenvalue weighted by molar-refractivity contribution is 5.85. The average Bonchev–Trinajstić information content (AvgIpc) is 3.56. The molecule has 7 nitrogen and oxygen atoms in total. The number of piperazine rings is 1. The lowest BCUT2D eigenvalue weighted by Crippen LogP contribution is -2.44. The van der Waals surface area contributed by atoms with Crippen LogP contribution in [0.15, 0.2) is 42.7 Å². The van der Waals surface area contributed by atoms with Crippen LogP contribution in [0.5, 0.6) is 0 Å². The third kappa shape index (κ3) is 3.57. The maximum absolute atomic E-state index is 4.82. The number of likely N-dealkylation sites (N-methyl/N-ethyl adjacent to an activating group) is 1. The summed E-state index contributed by atoms with van der Waals surface area (Å²) in [5.41, 5.74) is 9.33. The molecule has 5 heterocycles. The summed E-state index contributed by atoms with van der Waals surface area (Å²) in [7, 11) is 2.25. The molecule has 0 unspecified atom stereocenters. The predicted molar refractivity (Wildman–Crippen MR) is 140 cm³/mol. The van der Waals surface area contributed by atoms with Crippen molar-refractivity contribution < 1.29 is 0 Å². The lowest BCUT2D eigenvalue weighted by atomic mass is 9.95. The Morgan fingerprint density at radius 1 is 1.03 bits per heavy atom. The molecular formula is C28H31N7. The Bertz CT molecular complexity index is 1420. The number of benzene rings is 1. The van der Waals surface area contributed by atoms with Gasteiger partial charge >= 0.3 is 0 Å². The minimum Gasteiger partial charge on any atom is -0.365 e. The van der Waals surface area contributed by atoms with E-state index in [9.17, 15) is 0 Å². The Morgan fingerprint density at radius 3 is 2.77 bits per heavy atom. The van der Waals surface area contributed by atoms with Crippen LogP contribution in [0, 0.1) is 6.92 Å². The number of aryl methyl sites for hydroxylation is 3. The van der Waals surface area contributed by atoms with E-state index >= 15 is 0 Å². The van der Waals surface area contributed by atoms with Gasteiger partial charge in [-0.1, -0.05) is 0 Å². The van der Waals surface area contributed by atoms with Gasteiger partial charge in [-0.2, -0.15) is 0 Å². The molecule has 7 heteroatoms.